The molecule has 0 amide bonds. The molecule has 1 aromatic rings. The van der Waals surface area contributed by atoms with Gasteiger partial charge in [-0.05, 0) is 36.4 Å². The van der Waals surface area contributed by atoms with Crippen LogP contribution in [-0.4, -0.2) is 33.4 Å². The third-order valence-corrected chi connectivity index (χ3v) is 6.02. The van der Waals surface area contributed by atoms with Gasteiger partial charge in [0, 0.05) is 20.1 Å². The van der Waals surface area contributed by atoms with Crippen LogP contribution in [0.4, 0.5) is 0 Å². The average molecular weight is 290 g/mol. The van der Waals surface area contributed by atoms with Gasteiger partial charge < -0.3 is 5.32 Å². The van der Waals surface area contributed by atoms with E-state index < -0.39 is 10.0 Å². The smallest absolute Gasteiger partial charge is 0.252 e. The van der Waals surface area contributed by atoms with Gasteiger partial charge in [-0.2, -0.15) is 0 Å². The van der Waals surface area contributed by atoms with Crippen LogP contribution in [0.25, 0.3) is 0 Å². The van der Waals surface area contributed by atoms with E-state index in [4.69, 9.17) is 0 Å². The molecule has 0 atom stereocenters. The zero-order valence-electron chi connectivity index (χ0n) is 11.4. The minimum Gasteiger partial charge on any atom is -0.316 e. The average Bonchev–Trinajstić information content (AvgIpc) is 2.75. The topological polar surface area (TPSA) is 49.4 Å². The molecule has 0 saturated heterocycles. The lowest BCUT2D eigenvalue weighted by Crippen LogP contribution is -2.28. The summed E-state index contributed by atoms with van der Waals surface area (Å²) in [5, 5.41) is 4.90. The van der Waals surface area contributed by atoms with Crippen molar-refractivity contribution in [3.05, 3.63) is 17.0 Å². The van der Waals surface area contributed by atoms with Crippen molar-refractivity contribution in [1.82, 2.24) is 9.62 Å². The molecule has 0 unspecified atom stereocenters. The van der Waals surface area contributed by atoms with Crippen molar-refractivity contribution >= 4 is 21.4 Å². The Morgan fingerprint density at radius 1 is 1.44 bits per heavy atom. The van der Waals surface area contributed by atoms with Crippen molar-refractivity contribution in [1.29, 1.82) is 0 Å². The van der Waals surface area contributed by atoms with E-state index in [1.165, 1.54) is 15.6 Å². The van der Waals surface area contributed by atoms with Crippen LogP contribution in [0.5, 0.6) is 0 Å². The molecular weight excluding hydrogens is 268 g/mol. The molecule has 0 aromatic carbocycles. The summed E-state index contributed by atoms with van der Waals surface area (Å²) in [4.78, 5) is 0. The van der Waals surface area contributed by atoms with Gasteiger partial charge in [-0.3, -0.25) is 0 Å². The second-order valence-corrected chi connectivity index (χ2v) is 8.00. The molecule has 0 fully saturated rings. The zero-order valence-corrected chi connectivity index (χ0v) is 13.1. The maximum Gasteiger partial charge on any atom is 0.252 e. The van der Waals surface area contributed by atoms with Gasteiger partial charge in [0.05, 0.1) is 0 Å². The van der Waals surface area contributed by atoms with Gasteiger partial charge in [0.1, 0.15) is 4.21 Å². The first-order valence-electron chi connectivity index (χ1n) is 6.06. The lowest BCUT2D eigenvalue weighted by Gasteiger charge is -2.16. The summed E-state index contributed by atoms with van der Waals surface area (Å²) in [6, 6.07) is 1.75. The van der Waals surface area contributed by atoms with E-state index in [1.54, 1.807) is 13.1 Å². The van der Waals surface area contributed by atoms with E-state index in [2.05, 4.69) is 19.2 Å². The van der Waals surface area contributed by atoms with Crippen LogP contribution in [0.15, 0.2) is 15.7 Å². The Labute approximate surface area is 114 Å². The number of nitrogens with one attached hydrogen (secondary N) is 1. The largest absolute Gasteiger partial charge is 0.316 e. The quantitative estimate of drug-likeness (QED) is 0.837. The van der Waals surface area contributed by atoms with Gasteiger partial charge in [-0.25, -0.2) is 12.7 Å². The third kappa shape index (κ3) is 4.05. The molecule has 1 aromatic heterocycles. The first-order chi connectivity index (χ1) is 8.37. The molecule has 0 saturated carbocycles. The Bertz CT molecular complexity index is 466. The van der Waals surface area contributed by atoms with Crippen LogP contribution < -0.4 is 5.32 Å². The summed E-state index contributed by atoms with van der Waals surface area (Å²) in [5.74, 6) is 0.505. The van der Waals surface area contributed by atoms with Crippen LogP contribution >= 0.6 is 11.3 Å². The first kappa shape index (κ1) is 15.6. The molecule has 0 aliphatic rings. The fourth-order valence-corrected chi connectivity index (χ4v) is 4.10. The summed E-state index contributed by atoms with van der Waals surface area (Å²) < 4.78 is 26.4. The number of hydrogen-bond donors (Lipinski definition) is 1. The summed E-state index contributed by atoms with van der Waals surface area (Å²) >= 11 is 1.29. The molecule has 4 nitrogen and oxygen atoms in total. The van der Waals surface area contributed by atoms with E-state index >= 15 is 0 Å². The zero-order chi connectivity index (χ0) is 13.8. The highest BCUT2D eigenvalue weighted by molar-refractivity contribution is 7.91. The SMILES string of the molecule is CNCc1csc(S(=O)(=O)N(C)CCC(C)C)c1. The molecule has 0 spiro atoms. The molecule has 1 heterocycles. The second kappa shape index (κ2) is 6.65. The summed E-state index contributed by atoms with van der Waals surface area (Å²) in [6.07, 6.45) is 0.879. The van der Waals surface area contributed by atoms with Crippen LogP contribution in [0.3, 0.4) is 0 Å². The van der Waals surface area contributed by atoms with E-state index in [9.17, 15) is 8.42 Å². The molecule has 18 heavy (non-hydrogen) atoms. The highest BCUT2D eigenvalue weighted by Gasteiger charge is 2.22. The van der Waals surface area contributed by atoms with Gasteiger partial charge in [-0.1, -0.05) is 13.8 Å². The summed E-state index contributed by atoms with van der Waals surface area (Å²) in [5.41, 5.74) is 1.01. The normalized spacial score (nSPS) is 12.6. The van der Waals surface area contributed by atoms with Crippen molar-refractivity contribution in [3.8, 4) is 0 Å². The molecular formula is C12H22N2O2S2. The summed E-state index contributed by atoms with van der Waals surface area (Å²) in [7, 11) is 0.188. The monoisotopic (exact) mass is 290 g/mol. The van der Waals surface area contributed by atoms with Crippen LogP contribution in [0.2, 0.25) is 0 Å². The van der Waals surface area contributed by atoms with Gasteiger partial charge in [0.25, 0.3) is 10.0 Å². The maximum absolute atomic E-state index is 12.3. The van der Waals surface area contributed by atoms with Crippen LogP contribution in [-0.2, 0) is 16.6 Å². The first-order valence-corrected chi connectivity index (χ1v) is 8.38. The van der Waals surface area contributed by atoms with Crippen molar-refractivity contribution in [3.63, 3.8) is 0 Å². The predicted molar refractivity (Wildman–Crippen MR) is 76.4 cm³/mol. The van der Waals surface area contributed by atoms with Gasteiger partial charge in [0.15, 0.2) is 0 Å². The van der Waals surface area contributed by atoms with Crippen molar-refractivity contribution in [2.45, 2.75) is 31.0 Å². The number of sulfonamides is 1. The Hall–Kier alpha value is -0.430. The van der Waals surface area contributed by atoms with E-state index in [0.717, 1.165) is 12.0 Å². The van der Waals surface area contributed by atoms with Gasteiger partial charge in [0.2, 0.25) is 0 Å². The molecule has 0 radical (unpaired) electrons. The number of hydrogen-bond acceptors (Lipinski definition) is 4. The van der Waals surface area contributed by atoms with Crippen LogP contribution in [0, 0.1) is 5.92 Å². The molecule has 1 N–H and O–H groups in total. The Morgan fingerprint density at radius 3 is 2.67 bits per heavy atom. The fourth-order valence-electron chi connectivity index (χ4n) is 1.50. The van der Waals surface area contributed by atoms with E-state index in [0.29, 0.717) is 23.2 Å². The van der Waals surface area contributed by atoms with Crippen molar-refractivity contribution in [2.75, 3.05) is 20.6 Å². The standard InChI is InChI=1S/C12H22N2O2S2/c1-10(2)5-6-14(4)18(15,16)12-7-11(8-13-3)9-17-12/h7,9-10,13H,5-6,8H2,1-4H3. The summed E-state index contributed by atoms with van der Waals surface area (Å²) in [6.45, 7) is 5.45. The highest BCUT2D eigenvalue weighted by Crippen LogP contribution is 2.23. The lowest BCUT2D eigenvalue weighted by molar-refractivity contribution is 0.429. The molecule has 0 bridgehead atoms. The number of thiophene rings is 1. The lowest BCUT2D eigenvalue weighted by atomic mass is 10.1. The number of rotatable bonds is 7. The Kier molecular flexibility index (Phi) is 5.78. The van der Waals surface area contributed by atoms with Gasteiger partial charge in [-0.15, -0.1) is 11.3 Å². The molecule has 1 rings (SSSR count). The third-order valence-electron chi connectivity index (χ3n) is 2.70. The minimum atomic E-state index is -3.31. The molecule has 0 aliphatic carbocycles. The highest BCUT2D eigenvalue weighted by atomic mass is 32.2. The fraction of sp³-hybridized carbons (Fsp3) is 0.667. The van der Waals surface area contributed by atoms with Gasteiger partial charge >= 0.3 is 0 Å². The minimum absolute atomic E-state index is 0.430. The Morgan fingerprint density at radius 2 is 2.11 bits per heavy atom. The van der Waals surface area contributed by atoms with E-state index in [-0.39, 0.29) is 0 Å². The molecule has 0 aliphatic heterocycles. The predicted octanol–water partition coefficient (Wildman–Crippen LogP) is 2.13. The second-order valence-electron chi connectivity index (χ2n) is 4.81. The number of nitrogens with zero attached hydrogens (tertiary/aromatic N) is 1. The molecule has 104 valence electrons. The van der Waals surface area contributed by atoms with Crippen molar-refractivity contribution in [2.24, 2.45) is 5.92 Å². The van der Waals surface area contributed by atoms with Crippen molar-refractivity contribution < 1.29 is 8.42 Å². The maximum atomic E-state index is 12.3. The molecule has 6 heteroatoms. The van der Waals surface area contributed by atoms with E-state index in [1.807, 2.05) is 12.4 Å². The van der Waals surface area contributed by atoms with Crippen LogP contribution in [0.1, 0.15) is 25.8 Å². The Balaban J connectivity index is 2.77.